The number of guanidine groups is 1. The maximum Gasteiger partial charge on any atom is 0.326 e. The van der Waals surface area contributed by atoms with Crippen molar-refractivity contribution >= 4 is 136 Å². The number of nitrogens with zero attached hydrogens (tertiary/aromatic N) is 2. The van der Waals surface area contributed by atoms with E-state index < -0.39 is 328 Å². The van der Waals surface area contributed by atoms with Gasteiger partial charge < -0.3 is 164 Å². The van der Waals surface area contributed by atoms with Gasteiger partial charge in [0, 0.05) is 44.2 Å². The number of likely N-dealkylation sites (tertiary alicyclic amines) is 1. The van der Waals surface area contributed by atoms with Crippen LogP contribution in [-0.4, -0.2) is 355 Å². The number of hydrogen-bond acceptors (Lipinski definition) is 30. The first-order chi connectivity index (χ1) is 67.5. The molecule has 19 atom stereocenters. The number of aliphatic hydroxyl groups is 5. The number of nitrogens with two attached hydrogens (primary N) is 3. The number of nitrogens with one attached hydrogen (secondary N) is 21. The third kappa shape index (κ3) is 41.8. The van der Waals surface area contributed by atoms with E-state index in [0.717, 1.165) is 13.8 Å². The summed E-state index contributed by atoms with van der Waals surface area (Å²) in [6, 6.07) is -10.9. The Bertz CT molecular complexity index is 4880. The van der Waals surface area contributed by atoms with Gasteiger partial charge in [-0.05, 0) is 81.8 Å². The number of aromatic nitrogens is 2. The molecule has 20 amide bonds. The molecule has 2 aromatic carbocycles. The van der Waals surface area contributed by atoms with Gasteiger partial charge in [-0.2, -0.15) is 0 Å². The molecule has 1 saturated heterocycles. The molecule has 0 spiro atoms. The summed E-state index contributed by atoms with van der Waals surface area (Å²) in [5.74, 6) is -27.0. The van der Waals surface area contributed by atoms with Crippen molar-refractivity contribution in [3.05, 3.63) is 90.0 Å². The molecule has 4 rings (SSSR count). The van der Waals surface area contributed by atoms with Crippen LogP contribution in [0.15, 0.2) is 73.2 Å². The number of carbonyl (C=O) groups is 22. The molecule has 1 aliphatic heterocycles. The van der Waals surface area contributed by atoms with E-state index in [0.29, 0.717) is 23.2 Å². The number of aliphatic hydroxyl groups excluding tert-OH is 5. The molecular weight excluding hydrogens is 1890 g/mol. The fraction of sp³-hybridized carbons (Fsp3) is 0.568. The number of benzene rings is 2. The Balaban J connectivity index is 1.38. The zero-order valence-electron chi connectivity index (χ0n) is 80.4. The second-order valence-corrected chi connectivity index (χ2v) is 34.6. The molecule has 55 heteroatoms. The smallest absolute Gasteiger partial charge is 0.326 e. The lowest BCUT2D eigenvalue weighted by molar-refractivity contribution is -0.143. The van der Waals surface area contributed by atoms with Crippen LogP contribution in [0, 0.1) is 23.2 Å². The van der Waals surface area contributed by atoms with Crippen LogP contribution in [0.2, 0.25) is 0 Å². The summed E-state index contributed by atoms with van der Waals surface area (Å²) >= 11 is 0. The van der Waals surface area contributed by atoms with Gasteiger partial charge in [-0.25, -0.2) is 9.78 Å². The second kappa shape index (κ2) is 60.9. The van der Waals surface area contributed by atoms with Gasteiger partial charge in [0.05, 0.1) is 77.4 Å². The largest absolute Gasteiger partial charge is 0.481 e. The van der Waals surface area contributed by atoms with Gasteiger partial charge in [0.2, 0.25) is 118 Å². The van der Waals surface area contributed by atoms with E-state index in [1.165, 1.54) is 48.6 Å². The molecule has 55 nitrogen and oxygen atoms in total. The topological polar surface area (TPSA) is 880 Å². The molecule has 0 aliphatic carbocycles. The molecule has 790 valence electrons. The number of aliphatic carboxylic acids is 2. The first kappa shape index (κ1) is 120. The number of H-pyrrole nitrogens is 1. The number of carboxylic acid groups (broad SMARTS) is 2. The summed E-state index contributed by atoms with van der Waals surface area (Å²) in [7, 11) is 0. The van der Waals surface area contributed by atoms with E-state index in [2.05, 4.69) is 100 Å². The number of amides is 20. The Hall–Kier alpha value is -15.0. The highest BCUT2D eigenvalue weighted by atomic mass is 16.4. The van der Waals surface area contributed by atoms with Crippen LogP contribution in [0.3, 0.4) is 0 Å². The average Bonchev–Trinajstić information content (AvgIpc) is 1.53. The highest BCUT2D eigenvalue weighted by Crippen LogP contribution is 2.22. The van der Waals surface area contributed by atoms with Crippen molar-refractivity contribution in [2.45, 2.75) is 242 Å². The van der Waals surface area contributed by atoms with Gasteiger partial charge in [0.15, 0.2) is 5.96 Å². The zero-order chi connectivity index (χ0) is 107. The van der Waals surface area contributed by atoms with Gasteiger partial charge in [-0.15, -0.1) is 0 Å². The van der Waals surface area contributed by atoms with Crippen LogP contribution in [-0.2, 0) is 125 Å². The molecule has 3 aromatic rings. The van der Waals surface area contributed by atoms with Crippen LogP contribution in [0.25, 0.3) is 0 Å². The monoisotopic (exact) mass is 2020 g/mol. The van der Waals surface area contributed by atoms with Crippen molar-refractivity contribution in [1.82, 2.24) is 116 Å². The quantitative estimate of drug-likeness (QED) is 0.0142. The second-order valence-electron chi connectivity index (χ2n) is 34.6. The van der Waals surface area contributed by atoms with Crippen molar-refractivity contribution in [1.29, 1.82) is 5.41 Å². The Morgan fingerprint density at radius 2 is 0.867 bits per heavy atom. The summed E-state index contributed by atoms with van der Waals surface area (Å²) in [6.07, 6.45) is -3.61. The molecule has 1 aliphatic rings. The van der Waals surface area contributed by atoms with E-state index in [4.69, 9.17) is 22.6 Å². The van der Waals surface area contributed by atoms with Crippen molar-refractivity contribution in [2.24, 2.45) is 35.0 Å². The predicted molar refractivity (Wildman–Crippen MR) is 501 cm³/mol. The number of imidazole rings is 1. The fourth-order valence-corrected chi connectivity index (χ4v) is 14.2. The van der Waals surface area contributed by atoms with Crippen LogP contribution >= 0.6 is 0 Å². The summed E-state index contributed by atoms with van der Waals surface area (Å²) in [4.78, 5) is 305. The predicted octanol–water partition coefficient (Wildman–Crippen LogP) is -12.8. The number of primary amides is 1. The summed E-state index contributed by atoms with van der Waals surface area (Å²) in [5.41, 5.74) is 17.6. The van der Waals surface area contributed by atoms with Crippen LogP contribution < -0.4 is 118 Å². The average molecular weight is 2020 g/mol. The summed E-state index contributed by atoms with van der Waals surface area (Å²) in [6.45, 7) is 6.38. The van der Waals surface area contributed by atoms with Crippen molar-refractivity contribution in [3.63, 3.8) is 0 Å². The van der Waals surface area contributed by atoms with E-state index in [9.17, 15) is 141 Å². The first-order valence-corrected chi connectivity index (χ1v) is 45.9. The highest BCUT2D eigenvalue weighted by molar-refractivity contribution is 6.03. The van der Waals surface area contributed by atoms with E-state index in [-0.39, 0.29) is 58.0 Å². The molecule has 0 bridgehead atoms. The molecule has 0 unspecified atom stereocenters. The SMILES string of the molecule is CC[C@H](C)[C@H](NC(=O)[C@H](CC(N)=O)NC(=O)[C@H](CC(C)C)NC(=O)[C@@H](NC(=O)[C@H](Cc1ccccc1)NC(=O)[C@H](CC(=O)O)NC(=O)[C@@H](NC(=O)CNC(=O)[C@H](CO)NC(=O)CNC(=O)[C@H](CO)NC(=O)CNC(=O)[C@H](CO)NC(=O)[C@H](Cc1ccccc1)NC(=O)[C@H](CCCNC(=N)N)NC(=O)[C@H](C)NC(=O)[C@@H]1CCCN1C(=O)[C@@H](NC(=O)CN)C(C)C)[C@@H](C)O)[C@@H](C)O)C(=O)N[C@@H](Cc1cnc[nH]1)C(=O)O. The Kier molecular flexibility index (Phi) is 51.2. The number of rotatable bonds is 62. The van der Waals surface area contributed by atoms with Gasteiger partial charge in [0.25, 0.3) is 0 Å². The van der Waals surface area contributed by atoms with Gasteiger partial charge in [-0.3, -0.25) is 106 Å². The minimum absolute atomic E-state index is 0.0234. The van der Waals surface area contributed by atoms with Crippen molar-refractivity contribution < 1.29 is 141 Å². The number of carbonyl (C=O) groups excluding carboxylic acids is 20. The minimum Gasteiger partial charge on any atom is -0.481 e. The van der Waals surface area contributed by atoms with Crippen molar-refractivity contribution in [2.75, 3.05) is 59.1 Å². The molecule has 0 radical (unpaired) electrons. The molecule has 1 fully saturated rings. The van der Waals surface area contributed by atoms with Crippen LogP contribution in [0.1, 0.15) is 131 Å². The molecule has 1 aromatic heterocycles. The van der Waals surface area contributed by atoms with E-state index in [1.54, 1.807) is 77.9 Å². The van der Waals surface area contributed by atoms with Crippen LogP contribution in [0.4, 0.5) is 0 Å². The maximum absolute atomic E-state index is 14.5. The normalized spacial score (nSPS) is 15.9. The number of hydrogen-bond donors (Lipinski definition) is 31. The lowest BCUT2D eigenvalue weighted by Crippen LogP contribution is -2.63. The van der Waals surface area contributed by atoms with Crippen molar-refractivity contribution in [3.8, 4) is 0 Å². The lowest BCUT2D eigenvalue weighted by Gasteiger charge is -2.31. The van der Waals surface area contributed by atoms with Gasteiger partial charge >= 0.3 is 11.9 Å². The molecule has 143 heavy (non-hydrogen) atoms. The number of aromatic amines is 1. The summed E-state index contributed by atoms with van der Waals surface area (Å²) < 4.78 is 0. The standard InChI is InChI=1S/C88H134N26O29/c1-10-44(6)69(83(138)108-57(87(142)143)30-50-34-93-41-98-50)112-81(136)55(31-62(90)120)105-77(132)52(27-42(2)3)106-85(140)71(47(9)119)113-80(135)54(29-49-21-15-12-16-22-49)104-79(134)56(32-67(125)126)107-84(139)70(46(8)118)111-66(124)37-97-74(129)59(39-116)101-64(122)35-95-73(128)58(38-115)100-65(123)36-96-75(130)60(40-117)109-78(133)53(28-48-19-13-11-14-20-48)103-76(131)51(23-17-25-94-88(91)92)102-72(127)45(7)99-82(137)61-24-18-26-114(61)86(141)68(43(4)5)110-63(121)33-89/h11-16,19-22,34,41-47,51-61,68-71,115-119H,10,17-18,23-33,35-40,89H2,1-9H3,(H2,90,120)(H,93,98)(H,95,128)(H,96,130)(H,97,129)(H,99,137)(H,100,123)(H,101,122)(H,102,127)(H,103,131)(H,104,134)(H,105,132)(H,106,140)(H,107,139)(H,108,138)(H,109,133)(H,110,121)(H,111,124)(H,112,136)(H,113,135)(H,125,126)(H,142,143)(H4,91,92,94)/t44-,45-,46+,47+,51-,52-,53-,54-,55-,56-,57-,58-,59-,60-,61-,68-,69-,70-,71-/m0/s1. The zero-order valence-corrected chi connectivity index (χ0v) is 80.4. The first-order valence-electron chi connectivity index (χ1n) is 45.9. The lowest BCUT2D eigenvalue weighted by atomic mass is 9.96. The van der Waals surface area contributed by atoms with E-state index >= 15 is 0 Å². The minimum atomic E-state index is -2.17. The Morgan fingerprint density at radius 3 is 1.32 bits per heavy atom. The highest BCUT2D eigenvalue weighted by Gasteiger charge is 2.43. The molecule has 34 N–H and O–H groups in total. The molecule has 2 heterocycles. The van der Waals surface area contributed by atoms with Gasteiger partial charge in [-0.1, -0.05) is 109 Å². The van der Waals surface area contributed by atoms with Crippen LogP contribution in [0.5, 0.6) is 0 Å². The molecule has 0 saturated carbocycles. The third-order valence-electron chi connectivity index (χ3n) is 22.1. The third-order valence-corrected chi connectivity index (χ3v) is 22.1. The van der Waals surface area contributed by atoms with E-state index in [1.807, 2.05) is 10.6 Å². The Morgan fingerprint density at radius 1 is 0.455 bits per heavy atom. The maximum atomic E-state index is 14.5. The molecular formula is C88H134N26O29. The fourth-order valence-electron chi connectivity index (χ4n) is 14.2. The summed E-state index contributed by atoms with van der Waals surface area (Å²) in [5, 5.41) is 124. The Labute approximate surface area is 821 Å². The van der Waals surface area contributed by atoms with Gasteiger partial charge in [0.1, 0.15) is 96.7 Å². The number of carboxylic acids is 2.